The molecular weight excluding hydrogens is 268 g/mol. The fourth-order valence-electron chi connectivity index (χ4n) is 1.87. The van der Waals surface area contributed by atoms with Crippen LogP contribution < -0.4 is 9.47 Å². The van der Waals surface area contributed by atoms with Crippen molar-refractivity contribution in [2.24, 2.45) is 0 Å². The Morgan fingerprint density at radius 1 is 1.21 bits per heavy atom. The van der Waals surface area contributed by atoms with Gasteiger partial charge in [-0.1, -0.05) is 6.07 Å². The number of benzene rings is 1. The Balaban J connectivity index is 2.29. The monoisotopic (exact) mass is 286 g/mol. The molecule has 0 fully saturated rings. The molecule has 1 aromatic carbocycles. The molecule has 2 rings (SSSR count). The molecule has 1 aromatic rings. The van der Waals surface area contributed by atoms with E-state index >= 15 is 0 Å². The fourth-order valence-corrected chi connectivity index (χ4v) is 2.49. The Hall–Kier alpha value is -1.27. The molecule has 0 aliphatic carbocycles. The summed E-state index contributed by atoms with van der Waals surface area (Å²) in [6, 6.07) is 5.01. The van der Waals surface area contributed by atoms with Crippen LogP contribution in [0.2, 0.25) is 0 Å². The molecule has 0 radical (unpaired) electrons. The van der Waals surface area contributed by atoms with Crippen molar-refractivity contribution in [2.45, 2.75) is 24.7 Å². The van der Waals surface area contributed by atoms with Crippen LogP contribution in [-0.4, -0.2) is 38.2 Å². The molecule has 0 bridgehead atoms. The highest BCUT2D eigenvalue weighted by molar-refractivity contribution is 7.91. The van der Waals surface area contributed by atoms with Gasteiger partial charge in [0.15, 0.2) is 21.3 Å². The Labute approximate surface area is 113 Å². The molecule has 0 spiro atoms. The summed E-state index contributed by atoms with van der Waals surface area (Å²) in [7, 11) is -3.30. The van der Waals surface area contributed by atoms with E-state index in [1.54, 1.807) is 18.2 Å². The topological polar surface area (TPSA) is 72.8 Å². The molecule has 106 valence electrons. The van der Waals surface area contributed by atoms with E-state index in [1.807, 2.05) is 0 Å². The van der Waals surface area contributed by atoms with E-state index in [0.717, 1.165) is 12.7 Å². The normalized spacial score (nSPS) is 18.5. The van der Waals surface area contributed by atoms with Gasteiger partial charge in [-0.2, -0.15) is 0 Å². The predicted molar refractivity (Wildman–Crippen MR) is 71.3 cm³/mol. The first kappa shape index (κ1) is 14.1. The third kappa shape index (κ3) is 3.19. The standard InChI is InChI=1S/C13H18O5S/c1-9(19(2,15)16)13(14)10-4-5-11-12(8-10)18-7-3-6-17-11/h4-5,8-9,13-14H,3,6-7H2,1-2H3. The first-order valence-corrected chi connectivity index (χ1v) is 8.11. The lowest BCUT2D eigenvalue weighted by Gasteiger charge is -2.18. The maximum Gasteiger partial charge on any atom is 0.161 e. The number of fused-ring (bicyclic) bond motifs is 1. The minimum absolute atomic E-state index is 0.516. The third-order valence-corrected chi connectivity index (χ3v) is 4.84. The maximum absolute atomic E-state index is 11.5. The second-order valence-corrected chi connectivity index (χ2v) is 7.14. The van der Waals surface area contributed by atoms with Gasteiger partial charge in [0.1, 0.15) is 0 Å². The SMILES string of the molecule is CC(C(O)c1ccc2c(c1)OCCCO2)S(C)(=O)=O. The lowest BCUT2D eigenvalue weighted by atomic mass is 10.1. The van der Waals surface area contributed by atoms with Crippen molar-refractivity contribution in [1.29, 1.82) is 0 Å². The van der Waals surface area contributed by atoms with Gasteiger partial charge in [0.25, 0.3) is 0 Å². The van der Waals surface area contributed by atoms with Gasteiger partial charge in [-0.3, -0.25) is 0 Å². The second kappa shape index (κ2) is 5.38. The van der Waals surface area contributed by atoms with E-state index in [1.165, 1.54) is 6.92 Å². The minimum Gasteiger partial charge on any atom is -0.490 e. The molecule has 0 saturated heterocycles. The van der Waals surface area contributed by atoms with Gasteiger partial charge in [0.05, 0.1) is 24.6 Å². The molecule has 1 aliphatic rings. The van der Waals surface area contributed by atoms with Gasteiger partial charge in [-0.25, -0.2) is 8.42 Å². The van der Waals surface area contributed by atoms with E-state index in [0.29, 0.717) is 30.3 Å². The first-order chi connectivity index (χ1) is 8.89. The van der Waals surface area contributed by atoms with Crippen LogP contribution in [0.3, 0.4) is 0 Å². The molecule has 0 saturated carbocycles. The minimum atomic E-state index is -3.30. The molecular formula is C13H18O5S. The van der Waals surface area contributed by atoms with Gasteiger partial charge < -0.3 is 14.6 Å². The quantitative estimate of drug-likeness (QED) is 0.907. The summed E-state index contributed by atoms with van der Waals surface area (Å²) in [6.07, 6.45) is 0.836. The van der Waals surface area contributed by atoms with Gasteiger partial charge in [0, 0.05) is 12.7 Å². The summed E-state index contributed by atoms with van der Waals surface area (Å²) in [4.78, 5) is 0. The van der Waals surface area contributed by atoms with E-state index in [2.05, 4.69) is 0 Å². The number of hydrogen-bond acceptors (Lipinski definition) is 5. The largest absolute Gasteiger partial charge is 0.490 e. The van der Waals surface area contributed by atoms with Crippen LogP contribution in [0.5, 0.6) is 11.5 Å². The van der Waals surface area contributed by atoms with Crippen LogP contribution in [0.15, 0.2) is 18.2 Å². The van der Waals surface area contributed by atoms with E-state index in [-0.39, 0.29) is 0 Å². The second-order valence-electron chi connectivity index (χ2n) is 4.74. The Morgan fingerprint density at radius 2 is 1.84 bits per heavy atom. The highest BCUT2D eigenvalue weighted by Crippen LogP contribution is 2.33. The first-order valence-electron chi connectivity index (χ1n) is 6.16. The number of aliphatic hydroxyl groups excluding tert-OH is 1. The number of ether oxygens (including phenoxy) is 2. The van der Waals surface area contributed by atoms with Gasteiger partial charge in [0.2, 0.25) is 0 Å². The summed E-state index contributed by atoms with van der Waals surface area (Å²) >= 11 is 0. The average Bonchev–Trinajstić information content (AvgIpc) is 2.60. The molecule has 2 unspecified atom stereocenters. The zero-order valence-electron chi connectivity index (χ0n) is 11.0. The van der Waals surface area contributed by atoms with Crippen molar-refractivity contribution in [3.63, 3.8) is 0 Å². The Kier molecular flexibility index (Phi) is 4.01. The van der Waals surface area contributed by atoms with Crippen molar-refractivity contribution < 1.29 is 23.0 Å². The fraction of sp³-hybridized carbons (Fsp3) is 0.538. The van der Waals surface area contributed by atoms with Crippen molar-refractivity contribution >= 4 is 9.84 Å². The van der Waals surface area contributed by atoms with Crippen LogP contribution in [0.25, 0.3) is 0 Å². The highest BCUT2D eigenvalue weighted by atomic mass is 32.2. The number of rotatable bonds is 3. The van der Waals surface area contributed by atoms with E-state index in [4.69, 9.17) is 9.47 Å². The van der Waals surface area contributed by atoms with Gasteiger partial charge in [-0.05, 0) is 24.6 Å². The predicted octanol–water partition coefficient (Wildman–Crippen LogP) is 1.31. The smallest absolute Gasteiger partial charge is 0.161 e. The number of hydrogen-bond donors (Lipinski definition) is 1. The summed E-state index contributed by atoms with van der Waals surface area (Å²) in [6.45, 7) is 2.63. The summed E-state index contributed by atoms with van der Waals surface area (Å²) in [5, 5.41) is 9.26. The molecule has 0 amide bonds. The number of sulfone groups is 1. The van der Waals surface area contributed by atoms with Crippen LogP contribution >= 0.6 is 0 Å². The lowest BCUT2D eigenvalue weighted by Crippen LogP contribution is -2.24. The third-order valence-electron chi connectivity index (χ3n) is 3.23. The zero-order valence-corrected chi connectivity index (χ0v) is 11.8. The average molecular weight is 286 g/mol. The van der Waals surface area contributed by atoms with Crippen molar-refractivity contribution in [3.8, 4) is 11.5 Å². The highest BCUT2D eigenvalue weighted by Gasteiger charge is 2.26. The van der Waals surface area contributed by atoms with Crippen LogP contribution in [0.1, 0.15) is 25.0 Å². The van der Waals surface area contributed by atoms with Crippen molar-refractivity contribution in [3.05, 3.63) is 23.8 Å². The molecule has 0 aromatic heterocycles. The van der Waals surface area contributed by atoms with E-state index < -0.39 is 21.2 Å². The van der Waals surface area contributed by atoms with Crippen molar-refractivity contribution in [1.82, 2.24) is 0 Å². The maximum atomic E-state index is 11.5. The molecule has 6 heteroatoms. The van der Waals surface area contributed by atoms with Crippen LogP contribution in [0.4, 0.5) is 0 Å². The molecule has 5 nitrogen and oxygen atoms in total. The zero-order chi connectivity index (χ0) is 14.0. The molecule has 1 N–H and O–H groups in total. The summed E-state index contributed by atoms with van der Waals surface area (Å²) in [5.41, 5.74) is 0.516. The summed E-state index contributed by atoms with van der Waals surface area (Å²) in [5.74, 6) is 1.18. The Morgan fingerprint density at radius 3 is 2.47 bits per heavy atom. The molecule has 19 heavy (non-hydrogen) atoms. The molecule has 1 heterocycles. The lowest BCUT2D eigenvalue weighted by molar-refractivity contribution is 0.175. The van der Waals surface area contributed by atoms with Gasteiger partial charge in [-0.15, -0.1) is 0 Å². The van der Waals surface area contributed by atoms with Crippen LogP contribution in [0, 0.1) is 0 Å². The van der Waals surface area contributed by atoms with E-state index in [9.17, 15) is 13.5 Å². The molecule has 1 aliphatic heterocycles. The van der Waals surface area contributed by atoms with Gasteiger partial charge >= 0.3 is 0 Å². The van der Waals surface area contributed by atoms with Crippen molar-refractivity contribution in [2.75, 3.05) is 19.5 Å². The molecule has 2 atom stereocenters. The number of aliphatic hydroxyl groups is 1. The van der Waals surface area contributed by atoms with Crippen LogP contribution in [-0.2, 0) is 9.84 Å². The summed E-state index contributed by atoms with van der Waals surface area (Å²) < 4.78 is 34.0. The Bertz CT molecular complexity index is 552.